The van der Waals surface area contributed by atoms with Crippen LogP contribution in [0, 0.1) is 18.3 Å². The quantitative estimate of drug-likeness (QED) is 0.458. The summed E-state index contributed by atoms with van der Waals surface area (Å²) < 4.78 is 0. The van der Waals surface area contributed by atoms with E-state index in [-0.39, 0.29) is 11.7 Å². The van der Waals surface area contributed by atoms with E-state index in [9.17, 15) is 4.79 Å². The van der Waals surface area contributed by atoms with E-state index in [0.29, 0.717) is 22.4 Å². The van der Waals surface area contributed by atoms with Gasteiger partial charge in [0.25, 0.3) is 0 Å². The number of hydrogen-bond donors (Lipinski definition) is 1. The van der Waals surface area contributed by atoms with Gasteiger partial charge in [-0.15, -0.1) is 11.6 Å². The summed E-state index contributed by atoms with van der Waals surface area (Å²) in [7, 11) is 0. The molecule has 1 aromatic carbocycles. The minimum absolute atomic E-state index is 0.140. The molecule has 4 heteroatoms. The van der Waals surface area contributed by atoms with E-state index in [2.05, 4.69) is 0 Å². The molecule has 3 nitrogen and oxygen atoms in total. The predicted octanol–water partition coefficient (Wildman–Crippen LogP) is 1.87. The van der Waals surface area contributed by atoms with Crippen LogP contribution in [-0.2, 0) is 0 Å². The van der Waals surface area contributed by atoms with E-state index in [1.165, 1.54) is 6.07 Å². The molecule has 1 rings (SSSR count). The third kappa shape index (κ3) is 1.70. The van der Waals surface area contributed by atoms with Gasteiger partial charge in [0.1, 0.15) is 0 Å². The molecule has 0 saturated carbocycles. The molecular formula is C10H9ClN2O. The van der Waals surface area contributed by atoms with Crippen LogP contribution in [0.25, 0.3) is 0 Å². The fourth-order valence-corrected chi connectivity index (χ4v) is 1.38. The number of rotatable bonds is 2. The van der Waals surface area contributed by atoms with Crippen LogP contribution in [0.3, 0.4) is 0 Å². The van der Waals surface area contributed by atoms with E-state index >= 15 is 0 Å². The highest BCUT2D eigenvalue weighted by Crippen LogP contribution is 2.20. The van der Waals surface area contributed by atoms with Crippen LogP contribution in [0.1, 0.15) is 21.5 Å². The number of nitriles is 1. The maximum absolute atomic E-state index is 11.4. The molecule has 2 N–H and O–H groups in total. The second kappa shape index (κ2) is 4.12. The van der Waals surface area contributed by atoms with Crippen molar-refractivity contribution in [1.82, 2.24) is 0 Å². The maximum Gasteiger partial charge on any atom is 0.179 e. The zero-order chi connectivity index (χ0) is 10.7. The second-order valence-corrected chi connectivity index (χ2v) is 3.14. The molecule has 0 spiro atoms. The molecule has 0 saturated heterocycles. The number of nitrogens with zero attached hydrogens (tertiary/aromatic N) is 1. The fourth-order valence-electron chi connectivity index (χ4n) is 1.25. The molecule has 14 heavy (non-hydrogen) atoms. The molecule has 72 valence electrons. The first-order valence-corrected chi connectivity index (χ1v) is 4.53. The van der Waals surface area contributed by atoms with E-state index in [1.54, 1.807) is 13.0 Å². The number of benzene rings is 1. The van der Waals surface area contributed by atoms with Gasteiger partial charge in [0.2, 0.25) is 0 Å². The van der Waals surface area contributed by atoms with Crippen LogP contribution >= 0.6 is 11.6 Å². The van der Waals surface area contributed by atoms with Gasteiger partial charge in [-0.25, -0.2) is 0 Å². The van der Waals surface area contributed by atoms with Gasteiger partial charge in [0.05, 0.1) is 17.5 Å². The van der Waals surface area contributed by atoms with Crippen molar-refractivity contribution in [2.24, 2.45) is 0 Å². The molecule has 0 amide bonds. The maximum atomic E-state index is 11.4. The lowest BCUT2D eigenvalue weighted by molar-refractivity contribution is 0.102. The van der Waals surface area contributed by atoms with Gasteiger partial charge < -0.3 is 5.73 Å². The zero-order valence-electron chi connectivity index (χ0n) is 7.67. The van der Waals surface area contributed by atoms with Gasteiger partial charge in [-0.05, 0) is 24.6 Å². The number of ketones is 1. The van der Waals surface area contributed by atoms with Crippen molar-refractivity contribution in [2.45, 2.75) is 6.92 Å². The molecule has 0 unspecified atom stereocenters. The van der Waals surface area contributed by atoms with Crippen LogP contribution in [0.4, 0.5) is 5.69 Å². The topological polar surface area (TPSA) is 66.9 Å². The smallest absolute Gasteiger partial charge is 0.179 e. The van der Waals surface area contributed by atoms with Gasteiger partial charge in [-0.2, -0.15) is 5.26 Å². The Morgan fingerprint density at radius 2 is 2.29 bits per heavy atom. The standard InChI is InChI=1S/C10H9ClN2O/c1-6-8(13)3-2-7(5-12)10(6)9(14)4-11/h2-3H,4,13H2,1H3. The minimum Gasteiger partial charge on any atom is -0.398 e. The Balaban J connectivity index is 3.45. The fraction of sp³-hybridized carbons (Fsp3) is 0.200. The Hall–Kier alpha value is -1.53. The Labute approximate surface area is 87.1 Å². The van der Waals surface area contributed by atoms with Gasteiger partial charge in [-0.1, -0.05) is 0 Å². The van der Waals surface area contributed by atoms with Gasteiger partial charge in [0.15, 0.2) is 5.78 Å². The summed E-state index contributed by atoms with van der Waals surface area (Å²) in [5.41, 5.74) is 7.41. The molecule has 0 radical (unpaired) electrons. The number of hydrogen-bond acceptors (Lipinski definition) is 3. The summed E-state index contributed by atoms with van der Waals surface area (Å²) in [5.74, 6) is -0.410. The van der Waals surface area contributed by atoms with Crippen LogP contribution in [0.5, 0.6) is 0 Å². The summed E-state index contributed by atoms with van der Waals surface area (Å²) in [6.45, 7) is 1.70. The molecule has 0 fully saturated rings. The summed E-state index contributed by atoms with van der Waals surface area (Å²) >= 11 is 5.44. The summed E-state index contributed by atoms with van der Waals surface area (Å²) in [5, 5.41) is 8.79. The van der Waals surface area contributed by atoms with Crippen molar-refractivity contribution in [3.63, 3.8) is 0 Å². The SMILES string of the molecule is Cc1c(N)ccc(C#N)c1C(=O)CCl. The number of halogens is 1. The lowest BCUT2D eigenvalue weighted by Crippen LogP contribution is -2.08. The highest BCUT2D eigenvalue weighted by atomic mass is 35.5. The first-order chi connectivity index (χ1) is 6.61. The highest BCUT2D eigenvalue weighted by Gasteiger charge is 2.14. The summed E-state index contributed by atoms with van der Waals surface area (Å²) in [6, 6.07) is 5.08. The van der Waals surface area contributed by atoms with E-state index in [0.717, 1.165) is 0 Å². The van der Waals surface area contributed by atoms with Crippen molar-refractivity contribution < 1.29 is 4.79 Å². The van der Waals surface area contributed by atoms with Crippen molar-refractivity contribution in [3.05, 3.63) is 28.8 Å². The number of anilines is 1. The Kier molecular flexibility index (Phi) is 3.10. The average Bonchev–Trinajstić information content (AvgIpc) is 2.20. The van der Waals surface area contributed by atoms with Gasteiger partial charge >= 0.3 is 0 Å². The Morgan fingerprint density at radius 1 is 1.64 bits per heavy atom. The van der Waals surface area contributed by atoms with Crippen LogP contribution < -0.4 is 5.73 Å². The number of carbonyl (C=O) groups is 1. The normalized spacial score (nSPS) is 9.50. The molecular weight excluding hydrogens is 200 g/mol. The first kappa shape index (κ1) is 10.6. The molecule has 0 atom stereocenters. The van der Waals surface area contributed by atoms with Crippen molar-refractivity contribution >= 4 is 23.1 Å². The minimum atomic E-state index is -0.270. The molecule has 0 aliphatic heterocycles. The van der Waals surface area contributed by atoms with Gasteiger partial charge in [-0.3, -0.25) is 4.79 Å². The first-order valence-electron chi connectivity index (χ1n) is 4.00. The van der Waals surface area contributed by atoms with E-state index < -0.39 is 0 Å². The van der Waals surface area contributed by atoms with Crippen molar-refractivity contribution in [2.75, 3.05) is 11.6 Å². The van der Waals surface area contributed by atoms with Crippen LogP contribution in [0.2, 0.25) is 0 Å². The predicted molar refractivity (Wildman–Crippen MR) is 55.4 cm³/mol. The molecule has 0 aliphatic rings. The molecule has 0 bridgehead atoms. The third-order valence-electron chi connectivity index (χ3n) is 2.03. The number of nitrogens with two attached hydrogens (primary N) is 1. The van der Waals surface area contributed by atoms with Crippen molar-refractivity contribution in [3.8, 4) is 6.07 Å². The zero-order valence-corrected chi connectivity index (χ0v) is 8.43. The summed E-state index contributed by atoms with van der Waals surface area (Å²) in [4.78, 5) is 11.4. The number of Topliss-reactive ketones (excluding diaryl/α,β-unsaturated/α-hetero) is 1. The van der Waals surface area contributed by atoms with E-state index in [4.69, 9.17) is 22.6 Å². The molecule has 0 aromatic heterocycles. The van der Waals surface area contributed by atoms with Crippen LogP contribution in [-0.4, -0.2) is 11.7 Å². The number of carbonyl (C=O) groups excluding carboxylic acids is 1. The van der Waals surface area contributed by atoms with Crippen molar-refractivity contribution in [1.29, 1.82) is 5.26 Å². The Morgan fingerprint density at radius 3 is 2.79 bits per heavy atom. The summed E-state index contributed by atoms with van der Waals surface area (Å²) in [6.07, 6.45) is 0. The monoisotopic (exact) mass is 208 g/mol. The number of nitrogen functional groups attached to an aromatic ring is 1. The average molecular weight is 209 g/mol. The molecule has 0 heterocycles. The largest absolute Gasteiger partial charge is 0.398 e. The lowest BCUT2D eigenvalue weighted by Gasteiger charge is -2.07. The molecule has 0 aliphatic carbocycles. The third-order valence-corrected chi connectivity index (χ3v) is 2.27. The van der Waals surface area contributed by atoms with Gasteiger partial charge in [0, 0.05) is 11.3 Å². The second-order valence-electron chi connectivity index (χ2n) is 2.87. The Bertz CT molecular complexity index is 421. The van der Waals surface area contributed by atoms with E-state index in [1.807, 2.05) is 6.07 Å². The highest BCUT2D eigenvalue weighted by molar-refractivity contribution is 6.31. The molecule has 1 aromatic rings. The number of alkyl halides is 1. The lowest BCUT2D eigenvalue weighted by atomic mass is 9.98. The van der Waals surface area contributed by atoms with Crippen LogP contribution in [0.15, 0.2) is 12.1 Å².